The second-order valence-corrected chi connectivity index (χ2v) is 5.54. The molecule has 0 aliphatic rings. The van der Waals surface area contributed by atoms with E-state index >= 15 is 0 Å². The van der Waals surface area contributed by atoms with E-state index in [1.165, 1.54) is 0 Å². The zero-order chi connectivity index (χ0) is 17.5. The van der Waals surface area contributed by atoms with Gasteiger partial charge in [0.15, 0.2) is 0 Å². The van der Waals surface area contributed by atoms with Crippen molar-refractivity contribution in [3.8, 4) is 11.5 Å². The van der Waals surface area contributed by atoms with Gasteiger partial charge >= 0.3 is 0 Å². The number of aromatic amines is 1. The van der Waals surface area contributed by atoms with Crippen molar-refractivity contribution in [1.82, 2.24) is 15.5 Å². The van der Waals surface area contributed by atoms with Crippen LogP contribution >= 0.6 is 11.6 Å². The zero-order valence-corrected chi connectivity index (χ0v) is 14.3. The number of carbonyl (C=O) groups excluding carboxylic acids is 1. The second-order valence-electron chi connectivity index (χ2n) is 5.14. The maximum Gasteiger partial charge on any atom is 0.271 e. The molecule has 0 bridgehead atoms. The summed E-state index contributed by atoms with van der Waals surface area (Å²) in [6.07, 6.45) is 0.00986. The molecule has 0 aliphatic carbocycles. The van der Waals surface area contributed by atoms with Crippen molar-refractivity contribution >= 4 is 17.5 Å². The first-order chi connectivity index (χ1) is 11.5. The van der Waals surface area contributed by atoms with E-state index in [1.807, 2.05) is 6.92 Å². The van der Waals surface area contributed by atoms with Crippen LogP contribution in [0.25, 0.3) is 0 Å². The summed E-state index contributed by atoms with van der Waals surface area (Å²) >= 11 is 6.10. The molecule has 1 heterocycles. The maximum atomic E-state index is 11.9. The average molecular weight is 354 g/mol. The molecule has 1 aromatic heterocycles. The molecule has 0 fully saturated rings. The highest BCUT2D eigenvalue weighted by Gasteiger charge is 2.12. The number of ether oxygens (including phenoxy) is 2. The molecule has 8 heteroatoms. The molecule has 130 valence electrons. The number of hydrogen-bond donors (Lipinski definition) is 3. The lowest BCUT2D eigenvalue weighted by molar-refractivity contribution is 0.0909. The SMILES string of the molecule is CC[C@@H](O)CNC(=O)c1cc(COc2ccc(OC)cc2Cl)[nH]n1. The van der Waals surface area contributed by atoms with Crippen LogP contribution in [0.15, 0.2) is 24.3 Å². The fourth-order valence-electron chi connectivity index (χ4n) is 1.88. The Morgan fingerprint density at radius 2 is 2.25 bits per heavy atom. The van der Waals surface area contributed by atoms with E-state index in [1.54, 1.807) is 31.4 Å². The van der Waals surface area contributed by atoms with Gasteiger partial charge in [-0.25, -0.2) is 0 Å². The molecular weight excluding hydrogens is 334 g/mol. The topological polar surface area (TPSA) is 96.5 Å². The molecule has 1 amide bonds. The summed E-state index contributed by atoms with van der Waals surface area (Å²) in [6.45, 7) is 2.21. The average Bonchev–Trinajstić information content (AvgIpc) is 3.07. The number of hydrogen-bond acceptors (Lipinski definition) is 5. The van der Waals surface area contributed by atoms with Gasteiger partial charge in [-0.1, -0.05) is 18.5 Å². The van der Waals surface area contributed by atoms with Crippen molar-refractivity contribution in [1.29, 1.82) is 0 Å². The molecule has 24 heavy (non-hydrogen) atoms. The van der Waals surface area contributed by atoms with Gasteiger partial charge in [0.1, 0.15) is 23.8 Å². The number of amides is 1. The van der Waals surface area contributed by atoms with Crippen molar-refractivity contribution in [2.45, 2.75) is 26.1 Å². The molecule has 2 aromatic rings. The summed E-state index contributed by atoms with van der Waals surface area (Å²) in [4.78, 5) is 11.9. The Morgan fingerprint density at radius 3 is 2.92 bits per heavy atom. The summed E-state index contributed by atoms with van der Waals surface area (Å²) < 4.78 is 10.7. The highest BCUT2D eigenvalue weighted by molar-refractivity contribution is 6.32. The first-order valence-corrected chi connectivity index (χ1v) is 7.88. The molecule has 0 unspecified atom stereocenters. The van der Waals surface area contributed by atoms with Gasteiger partial charge in [0.05, 0.1) is 23.9 Å². The minimum absolute atomic E-state index is 0.184. The van der Waals surface area contributed by atoms with Gasteiger partial charge in [0.25, 0.3) is 5.91 Å². The highest BCUT2D eigenvalue weighted by atomic mass is 35.5. The number of benzene rings is 1. The van der Waals surface area contributed by atoms with Gasteiger partial charge in [-0.05, 0) is 24.6 Å². The number of nitrogens with one attached hydrogen (secondary N) is 2. The Bertz CT molecular complexity index is 690. The number of methoxy groups -OCH3 is 1. The van der Waals surface area contributed by atoms with Gasteiger partial charge < -0.3 is 19.9 Å². The molecule has 0 radical (unpaired) electrons. The van der Waals surface area contributed by atoms with Crippen LogP contribution in [0, 0.1) is 0 Å². The Hall–Kier alpha value is -2.25. The molecule has 0 saturated heterocycles. The molecule has 0 aliphatic heterocycles. The van der Waals surface area contributed by atoms with Crippen molar-refractivity contribution in [2.75, 3.05) is 13.7 Å². The normalized spacial score (nSPS) is 11.8. The number of aliphatic hydroxyl groups is 1. The van der Waals surface area contributed by atoms with Crippen LogP contribution in [0.1, 0.15) is 29.5 Å². The summed E-state index contributed by atoms with van der Waals surface area (Å²) in [6, 6.07) is 6.69. The van der Waals surface area contributed by atoms with E-state index < -0.39 is 6.10 Å². The summed E-state index contributed by atoms with van der Waals surface area (Å²) in [5.74, 6) is 0.790. The summed E-state index contributed by atoms with van der Waals surface area (Å²) in [5, 5.41) is 19.2. The molecule has 0 saturated carbocycles. The number of H-pyrrole nitrogens is 1. The minimum atomic E-state index is -0.562. The standard InChI is InChI=1S/C16H20ClN3O4/c1-3-11(21)8-18-16(22)14-6-10(19-20-14)9-24-15-5-4-12(23-2)7-13(15)17/h4-7,11,21H,3,8-9H2,1-2H3,(H,18,22)(H,19,20)/t11-/m1/s1. The van der Waals surface area contributed by atoms with Crippen LogP contribution in [-0.2, 0) is 6.61 Å². The lowest BCUT2D eigenvalue weighted by atomic mass is 10.2. The van der Waals surface area contributed by atoms with Crippen LogP contribution in [0.3, 0.4) is 0 Å². The Balaban J connectivity index is 1.90. The van der Waals surface area contributed by atoms with E-state index in [0.717, 1.165) is 0 Å². The van der Waals surface area contributed by atoms with Crippen molar-refractivity contribution < 1.29 is 19.4 Å². The Labute approximate surface area is 144 Å². The second kappa shape index (κ2) is 8.56. The van der Waals surface area contributed by atoms with Gasteiger partial charge in [0, 0.05) is 12.6 Å². The summed E-state index contributed by atoms with van der Waals surface area (Å²) in [5.41, 5.74) is 0.862. The zero-order valence-electron chi connectivity index (χ0n) is 13.5. The number of rotatable bonds is 8. The predicted molar refractivity (Wildman–Crippen MR) is 89.6 cm³/mol. The van der Waals surface area contributed by atoms with Crippen LogP contribution < -0.4 is 14.8 Å². The highest BCUT2D eigenvalue weighted by Crippen LogP contribution is 2.29. The van der Waals surface area contributed by atoms with Crippen molar-refractivity contribution in [3.63, 3.8) is 0 Å². The van der Waals surface area contributed by atoms with Crippen LogP contribution in [0.2, 0.25) is 5.02 Å². The quantitative estimate of drug-likeness (QED) is 0.675. The van der Waals surface area contributed by atoms with Crippen LogP contribution in [-0.4, -0.2) is 41.0 Å². The number of halogens is 1. The largest absolute Gasteiger partial charge is 0.497 e. The van der Waals surface area contributed by atoms with Gasteiger partial charge in [-0.15, -0.1) is 0 Å². The smallest absolute Gasteiger partial charge is 0.271 e. The third kappa shape index (κ3) is 4.87. The first-order valence-electron chi connectivity index (χ1n) is 7.50. The number of aromatic nitrogens is 2. The molecular formula is C16H20ClN3O4. The molecule has 1 atom stereocenters. The van der Waals surface area contributed by atoms with E-state index in [4.69, 9.17) is 21.1 Å². The fraction of sp³-hybridized carbons (Fsp3) is 0.375. The molecule has 1 aromatic carbocycles. The van der Waals surface area contributed by atoms with Crippen molar-refractivity contribution in [2.24, 2.45) is 0 Å². The Morgan fingerprint density at radius 1 is 1.46 bits per heavy atom. The maximum absolute atomic E-state index is 11.9. The molecule has 7 nitrogen and oxygen atoms in total. The van der Waals surface area contributed by atoms with Crippen molar-refractivity contribution in [3.05, 3.63) is 40.7 Å². The Kier molecular flexibility index (Phi) is 6.45. The fourth-order valence-corrected chi connectivity index (χ4v) is 2.10. The monoisotopic (exact) mass is 353 g/mol. The van der Waals surface area contributed by atoms with E-state index in [-0.39, 0.29) is 24.8 Å². The van der Waals surface area contributed by atoms with E-state index in [0.29, 0.717) is 28.6 Å². The van der Waals surface area contributed by atoms with Gasteiger partial charge in [-0.2, -0.15) is 5.10 Å². The molecule has 0 spiro atoms. The van der Waals surface area contributed by atoms with Gasteiger partial charge in [-0.3, -0.25) is 9.89 Å². The first kappa shape index (κ1) is 18.1. The van der Waals surface area contributed by atoms with Crippen LogP contribution in [0.5, 0.6) is 11.5 Å². The van der Waals surface area contributed by atoms with Crippen LogP contribution in [0.4, 0.5) is 0 Å². The third-order valence-corrected chi connectivity index (χ3v) is 3.65. The molecule has 2 rings (SSSR count). The van der Waals surface area contributed by atoms with E-state index in [2.05, 4.69) is 15.5 Å². The predicted octanol–water partition coefficient (Wildman–Crippen LogP) is 2.15. The van der Waals surface area contributed by atoms with E-state index in [9.17, 15) is 9.90 Å². The number of carbonyl (C=O) groups is 1. The number of aliphatic hydroxyl groups excluding tert-OH is 1. The molecule has 3 N–H and O–H groups in total. The lowest BCUT2D eigenvalue weighted by Crippen LogP contribution is -2.31. The lowest BCUT2D eigenvalue weighted by Gasteiger charge is -2.08. The van der Waals surface area contributed by atoms with Gasteiger partial charge in [0.2, 0.25) is 0 Å². The number of nitrogens with zero attached hydrogens (tertiary/aromatic N) is 1. The minimum Gasteiger partial charge on any atom is -0.497 e. The third-order valence-electron chi connectivity index (χ3n) is 3.36. The summed E-state index contributed by atoms with van der Waals surface area (Å²) in [7, 11) is 1.56.